The van der Waals surface area contributed by atoms with Crippen LogP contribution in [-0.2, 0) is 0 Å². The summed E-state index contributed by atoms with van der Waals surface area (Å²) in [6, 6.07) is 0. The lowest BCUT2D eigenvalue weighted by Crippen LogP contribution is -2.33. The van der Waals surface area contributed by atoms with Crippen LogP contribution >= 0.6 is 0 Å². The first-order valence-corrected chi connectivity index (χ1v) is 3.56. The van der Waals surface area contributed by atoms with Gasteiger partial charge in [0.05, 0.1) is 6.61 Å². The molecule has 1 saturated heterocycles. The molecule has 0 aromatic carbocycles. The van der Waals surface area contributed by atoms with Crippen LogP contribution in [0.4, 0.5) is 0 Å². The van der Waals surface area contributed by atoms with Crippen LogP contribution in [0.5, 0.6) is 0 Å². The van der Waals surface area contributed by atoms with Crippen LogP contribution in [-0.4, -0.2) is 47.2 Å². The van der Waals surface area contributed by atoms with Crippen molar-refractivity contribution in [2.24, 2.45) is 5.10 Å². The molecule has 68 valence electrons. The number of β-amino-alcohol motifs (C(OH)–C–C–N with tert-alkyl or cyclic N) is 1. The fourth-order valence-corrected chi connectivity index (χ4v) is 1.03. The minimum absolute atomic E-state index is 0.0294. The SMILES string of the molecule is O=[N+]([O-])/N=C1\NCCN1CCO. The van der Waals surface area contributed by atoms with Crippen molar-refractivity contribution in [2.45, 2.75) is 0 Å². The first-order chi connectivity index (χ1) is 5.74. The molecule has 1 aliphatic rings. The van der Waals surface area contributed by atoms with Crippen LogP contribution in [0.1, 0.15) is 0 Å². The van der Waals surface area contributed by atoms with Crippen molar-refractivity contribution in [3.8, 4) is 0 Å². The van der Waals surface area contributed by atoms with Gasteiger partial charge in [0, 0.05) is 19.6 Å². The number of nitrogens with zero attached hydrogens (tertiary/aromatic N) is 3. The highest BCUT2D eigenvalue weighted by Gasteiger charge is 2.20. The standard InChI is InChI=1S/C5H10N4O3/c10-4-3-8-2-1-6-5(8)7-9(11)12/h10H,1-4H2,(H,6,7). The average Bonchev–Trinajstić information content (AvgIpc) is 2.37. The Kier molecular flexibility index (Phi) is 2.81. The highest BCUT2D eigenvalue weighted by Crippen LogP contribution is 1.95. The summed E-state index contributed by atoms with van der Waals surface area (Å²) in [5, 5.41) is 23.7. The molecule has 1 rings (SSSR count). The molecule has 1 aliphatic heterocycles. The molecule has 0 aromatic rings. The predicted molar refractivity (Wildman–Crippen MR) is 41.1 cm³/mol. The molecule has 0 aliphatic carbocycles. The van der Waals surface area contributed by atoms with E-state index in [2.05, 4.69) is 10.4 Å². The van der Waals surface area contributed by atoms with Crippen LogP contribution in [0.2, 0.25) is 0 Å². The van der Waals surface area contributed by atoms with Crippen LogP contribution < -0.4 is 5.32 Å². The normalized spacial score (nSPS) is 19.8. The molecule has 0 spiro atoms. The number of rotatable bonds is 3. The second-order valence-electron chi connectivity index (χ2n) is 2.30. The molecular weight excluding hydrogens is 164 g/mol. The van der Waals surface area contributed by atoms with Gasteiger partial charge in [-0.05, 0) is 0 Å². The summed E-state index contributed by atoms with van der Waals surface area (Å²) in [5.41, 5.74) is 0. The van der Waals surface area contributed by atoms with Gasteiger partial charge in [-0.1, -0.05) is 0 Å². The summed E-state index contributed by atoms with van der Waals surface area (Å²) >= 11 is 0. The molecule has 0 saturated carbocycles. The largest absolute Gasteiger partial charge is 0.395 e. The van der Waals surface area contributed by atoms with E-state index in [-0.39, 0.29) is 12.6 Å². The Hall–Kier alpha value is -1.37. The zero-order chi connectivity index (χ0) is 8.97. The average molecular weight is 174 g/mol. The minimum Gasteiger partial charge on any atom is -0.395 e. The number of nitro groups is 1. The van der Waals surface area contributed by atoms with Crippen LogP contribution in [0.25, 0.3) is 0 Å². The summed E-state index contributed by atoms with van der Waals surface area (Å²) in [6.45, 7) is 1.62. The van der Waals surface area contributed by atoms with Gasteiger partial charge in [0.1, 0.15) is 5.10 Å². The molecule has 1 heterocycles. The molecule has 0 amide bonds. The second-order valence-corrected chi connectivity index (χ2v) is 2.30. The van der Waals surface area contributed by atoms with Crippen molar-refractivity contribution >= 4 is 5.96 Å². The van der Waals surface area contributed by atoms with Crippen LogP contribution in [0.15, 0.2) is 5.10 Å². The van der Waals surface area contributed by atoms with E-state index in [1.165, 1.54) is 0 Å². The van der Waals surface area contributed by atoms with Gasteiger partial charge >= 0.3 is 0 Å². The Morgan fingerprint density at radius 2 is 2.58 bits per heavy atom. The third-order valence-electron chi connectivity index (χ3n) is 1.51. The topological polar surface area (TPSA) is 91.0 Å². The first-order valence-electron chi connectivity index (χ1n) is 3.56. The highest BCUT2D eigenvalue weighted by molar-refractivity contribution is 5.81. The van der Waals surface area contributed by atoms with Crippen molar-refractivity contribution in [3.05, 3.63) is 10.1 Å². The fraction of sp³-hybridized carbons (Fsp3) is 0.800. The molecular formula is C5H10N4O3. The summed E-state index contributed by atoms with van der Waals surface area (Å²) in [5.74, 6) is 0.231. The molecule has 7 nitrogen and oxygen atoms in total. The number of hydrogen-bond acceptors (Lipinski definition) is 3. The molecule has 0 bridgehead atoms. The van der Waals surface area contributed by atoms with E-state index < -0.39 is 5.03 Å². The van der Waals surface area contributed by atoms with Gasteiger partial charge in [0.15, 0.2) is 5.03 Å². The quantitative estimate of drug-likeness (QED) is 0.398. The van der Waals surface area contributed by atoms with E-state index in [0.29, 0.717) is 19.6 Å². The van der Waals surface area contributed by atoms with Crippen LogP contribution in [0, 0.1) is 10.1 Å². The molecule has 2 N–H and O–H groups in total. The van der Waals surface area contributed by atoms with Gasteiger partial charge in [-0.3, -0.25) is 0 Å². The fourth-order valence-electron chi connectivity index (χ4n) is 1.03. The van der Waals surface area contributed by atoms with E-state index in [1.54, 1.807) is 4.90 Å². The van der Waals surface area contributed by atoms with Gasteiger partial charge in [-0.25, -0.2) is 10.1 Å². The van der Waals surface area contributed by atoms with E-state index in [9.17, 15) is 10.1 Å². The third-order valence-corrected chi connectivity index (χ3v) is 1.51. The minimum atomic E-state index is -0.752. The van der Waals surface area contributed by atoms with E-state index >= 15 is 0 Å². The van der Waals surface area contributed by atoms with Gasteiger partial charge in [0.25, 0.3) is 5.96 Å². The molecule has 12 heavy (non-hydrogen) atoms. The maximum absolute atomic E-state index is 9.99. The van der Waals surface area contributed by atoms with E-state index in [0.717, 1.165) is 0 Å². The smallest absolute Gasteiger partial charge is 0.271 e. The van der Waals surface area contributed by atoms with Gasteiger partial charge < -0.3 is 15.3 Å². The Bertz CT molecular complexity index is 205. The van der Waals surface area contributed by atoms with Crippen molar-refractivity contribution in [2.75, 3.05) is 26.2 Å². The summed E-state index contributed by atoms with van der Waals surface area (Å²) < 4.78 is 0. The number of hydrogen-bond donors (Lipinski definition) is 2. The van der Waals surface area contributed by atoms with Crippen molar-refractivity contribution in [1.82, 2.24) is 10.2 Å². The lowest BCUT2D eigenvalue weighted by molar-refractivity contribution is -0.485. The number of aliphatic hydroxyl groups excluding tert-OH is 1. The van der Waals surface area contributed by atoms with Crippen molar-refractivity contribution in [1.29, 1.82) is 0 Å². The van der Waals surface area contributed by atoms with Gasteiger partial charge in [-0.2, -0.15) is 0 Å². The molecule has 7 heteroatoms. The summed E-state index contributed by atoms with van der Waals surface area (Å²) in [6.07, 6.45) is 0. The Balaban J connectivity index is 2.57. The molecule has 1 fully saturated rings. The monoisotopic (exact) mass is 174 g/mol. The predicted octanol–water partition coefficient (Wildman–Crippen LogP) is -1.57. The lowest BCUT2D eigenvalue weighted by atomic mass is 10.5. The molecule has 0 unspecified atom stereocenters. The number of hydrazone groups is 1. The maximum Gasteiger partial charge on any atom is 0.271 e. The zero-order valence-electron chi connectivity index (χ0n) is 6.43. The number of nitrogens with one attached hydrogen (secondary N) is 1. The second kappa shape index (κ2) is 3.86. The maximum atomic E-state index is 9.99. The van der Waals surface area contributed by atoms with Gasteiger partial charge in [-0.15, -0.1) is 0 Å². The summed E-state index contributed by atoms with van der Waals surface area (Å²) in [7, 11) is 0. The highest BCUT2D eigenvalue weighted by atomic mass is 16.7. The molecule has 0 atom stereocenters. The third kappa shape index (κ3) is 2.06. The van der Waals surface area contributed by atoms with E-state index in [4.69, 9.17) is 5.11 Å². The molecule has 0 radical (unpaired) electrons. The van der Waals surface area contributed by atoms with Gasteiger partial charge in [0.2, 0.25) is 0 Å². The van der Waals surface area contributed by atoms with Crippen molar-refractivity contribution in [3.63, 3.8) is 0 Å². The van der Waals surface area contributed by atoms with Crippen LogP contribution in [0.3, 0.4) is 0 Å². The number of aliphatic hydroxyl groups is 1. The number of guanidine groups is 1. The Morgan fingerprint density at radius 3 is 3.17 bits per heavy atom. The van der Waals surface area contributed by atoms with Crippen molar-refractivity contribution < 1.29 is 10.1 Å². The van der Waals surface area contributed by atoms with E-state index in [1.807, 2.05) is 0 Å². The first kappa shape index (κ1) is 8.72. The Labute approximate surface area is 68.8 Å². The molecule has 0 aromatic heterocycles. The summed E-state index contributed by atoms with van der Waals surface area (Å²) in [4.78, 5) is 11.6. The zero-order valence-corrected chi connectivity index (χ0v) is 6.43. The Morgan fingerprint density at radius 1 is 1.83 bits per heavy atom. The lowest BCUT2D eigenvalue weighted by Gasteiger charge is -2.12.